The Morgan fingerprint density at radius 2 is 0.229 bits per heavy atom. The fourth-order valence-corrected chi connectivity index (χ4v) is 0. The molecule has 0 atom stereocenters. The van der Waals surface area contributed by atoms with Crippen molar-refractivity contribution in [2.24, 2.45) is 0 Å². The third kappa shape index (κ3) is 12300. The van der Waals surface area contributed by atoms with Crippen LogP contribution in [0.15, 0.2) is 0 Å². The monoisotopic (exact) mass is 624 g/mol. The van der Waals surface area contributed by atoms with E-state index in [4.69, 9.17) is 40.9 Å². The summed E-state index contributed by atoms with van der Waals surface area (Å²) in [6.07, 6.45) is -1.33. The first-order chi connectivity index (χ1) is 13.9. The van der Waals surface area contributed by atoms with Crippen LogP contribution in [0.1, 0.15) is 111 Å². The van der Waals surface area contributed by atoms with Crippen LogP contribution in [0.5, 0.6) is 0 Å². The Kier molecular flexibility index (Phi) is 132. The van der Waals surface area contributed by atoms with E-state index in [0.717, 1.165) is 0 Å². The third-order valence-electron chi connectivity index (χ3n) is 0. The van der Waals surface area contributed by atoms with Crippen LogP contribution < -0.4 is 0 Å². The molecule has 0 aromatic heterocycles. The summed E-state index contributed by atoms with van der Waals surface area (Å²) in [7, 11) is 0. The van der Waals surface area contributed by atoms with E-state index in [2.05, 4.69) is 0 Å². The largest absolute Gasteiger partial charge is 4.00 e. The van der Waals surface area contributed by atoms with Crippen LogP contribution in [0.2, 0.25) is 0 Å². The van der Waals surface area contributed by atoms with Gasteiger partial charge in [-0.3, -0.25) is 0 Å². The fraction of sp³-hybridized carbons (Fsp3) is 1.00. The molecule has 0 amide bonds. The molecule has 0 aromatic carbocycles. The summed E-state index contributed by atoms with van der Waals surface area (Å²) in [5, 5.41) is 64.4. The number of rotatable bonds is 0. The van der Waals surface area contributed by atoms with E-state index >= 15 is 0 Å². The molecule has 0 radical (unpaired) electrons. The zero-order valence-electron chi connectivity index (χ0n) is 25.7. The van der Waals surface area contributed by atoms with Gasteiger partial charge in [0.05, 0.1) is 0 Å². The van der Waals surface area contributed by atoms with Crippen LogP contribution in [0.4, 0.5) is 0 Å². The molecule has 0 saturated carbocycles. The first-order valence-electron chi connectivity index (χ1n) is 11.3. The van der Waals surface area contributed by atoms with Gasteiger partial charge in [0.2, 0.25) is 0 Å². The van der Waals surface area contributed by atoms with Crippen molar-refractivity contribution in [3.05, 3.63) is 0 Å². The summed E-state index contributed by atoms with van der Waals surface area (Å²) in [4.78, 5) is 0. The first-order valence-corrected chi connectivity index (χ1v) is 11.3. The average molecular weight is 624 g/mol. The maximum atomic E-state index is 8.06. The standard InChI is InChI=1S/8C3H8O.3Ti/c8*1-3(2)4;;;/h8*3-4H,1-2H3;;;/q;;;;;;;;;;+4. The molecule has 0 spiro atoms. The molecule has 0 rings (SSSR count). The second kappa shape index (κ2) is 65.1. The molecule has 0 aliphatic heterocycles. The molecule has 8 nitrogen and oxygen atoms in total. The van der Waals surface area contributed by atoms with Crippen LogP contribution in [-0.4, -0.2) is 89.7 Å². The van der Waals surface area contributed by atoms with Gasteiger partial charge in [-0.2, -0.15) is 0 Å². The molecule has 0 aliphatic carbocycles. The number of hydrogen-bond acceptors (Lipinski definition) is 8. The van der Waals surface area contributed by atoms with Crippen LogP contribution in [0, 0.1) is 0 Å². The van der Waals surface area contributed by atoms with Crippen LogP contribution >= 0.6 is 0 Å². The zero-order chi connectivity index (χ0) is 28.6. The van der Waals surface area contributed by atoms with Gasteiger partial charge in [-0.25, -0.2) is 0 Å². The van der Waals surface area contributed by atoms with Gasteiger partial charge in [-0.15, -0.1) is 0 Å². The third-order valence-corrected chi connectivity index (χ3v) is 0. The Labute approximate surface area is 264 Å². The molecular formula is C24H64O8Ti3+4. The molecule has 0 fully saturated rings. The van der Waals surface area contributed by atoms with Gasteiger partial charge < -0.3 is 40.9 Å². The molecule has 0 aromatic rings. The number of aliphatic hydroxyl groups is 8. The minimum atomic E-state index is -0.167. The van der Waals surface area contributed by atoms with Crippen molar-refractivity contribution in [3.63, 3.8) is 0 Å². The van der Waals surface area contributed by atoms with E-state index in [-0.39, 0.29) is 114 Å². The Hall–Kier alpha value is 1.82. The zero-order valence-corrected chi connectivity index (χ0v) is 30.4. The predicted octanol–water partition coefficient (Wildman–Crippen LogP) is 3.09. The van der Waals surface area contributed by atoms with E-state index in [9.17, 15) is 0 Å². The minimum Gasteiger partial charge on any atom is -0.394 e. The maximum Gasteiger partial charge on any atom is 4.00 e. The van der Waals surface area contributed by atoms with Gasteiger partial charge in [0, 0.05) is 92.3 Å². The van der Waals surface area contributed by atoms with E-state index in [0.29, 0.717) is 0 Å². The Bertz CT molecular complexity index is 151. The van der Waals surface area contributed by atoms with E-state index in [1.54, 1.807) is 111 Å². The Balaban J connectivity index is -0.0000000206. The van der Waals surface area contributed by atoms with Crippen LogP contribution in [0.3, 0.4) is 0 Å². The first kappa shape index (κ1) is 70.9. The summed E-state index contributed by atoms with van der Waals surface area (Å²) in [5.74, 6) is 0. The second-order valence-electron chi connectivity index (χ2n) is 8.75. The van der Waals surface area contributed by atoms with Gasteiger partial charge in [0.25, 0.3) is 0 Å². The molecule has 35 heavy (non-hydrogen) atoms. The van der Waals surface area contributed by atoms with Crippen molar-refractivity contribution in [1.29, 1.82) is 0 Å². The van der Waals surface area contributed by atoms with Gasteiger partial charge in [-0.1, -0.05) is 0 Å². The van der Waals surface area contributed by atoms with Gasteiger partial charge in [0.1, 0.15) is 0 Å². The van der Waals surface area contributed by atoms with Crippen molar-refractivity contribution >= 4 is 0 Å². The summed E-state index contributed by atoms with van der Waals surface area (Å²) in [6, 6.07) is 0. The van der Waals surface area contributed by atoms with Gasteiger partial charge in [-0.05, 0) is 111 Å². The molecule has 0 aliphatic rings. The molecule has 0 bridgehead atoms. The van der Waals surface area contributed by atoms with Gasteiger partial charge >= 0.3 is 21.7 Å². The van der Waals surface area contributed by atoms with Crippen molar-refractivity contribution < 1.29 is 106 Å². The molecule has 216 valence electrons. The van der Waals surface area contributed by atoms with E-state index in [1.807, 2.05) is 0 Å². The average Bonchev–Trinajstić information content (AvgIpc) is 2.30. The van der Waals surface area contributed by atoms with E-state index < -0.39 is 0 Å². The molecule has 8 N–H and O–H groups in total. The summed E-state index contributed by atoms with van der Waals surface area (Å²) < 4.78 is 0. The minimum absolute atomic E-state index is 0. The second-order valence-corrected chi connectivity index (χ2v) is 8.75. The predicted molar refractivity (Wildman–Crippen MR) is 139 cm³/mol. The Morgan fingerprint density at radius 1 is 0.229 bits per heavy atom. The number of hydrogen-bond donors (Lipinski definition) is 8. The molecule has 0 heterocycles. The fourth-order valence-electron chi connectivity index (χ4n) is 0. The summed E-state index contributed by atoms with van der Waals surface area (Å²) >= 11 is 0. The van der Waals surface area contributed by atoms with Crippen molar-refractivity contribution in [2.75, 3.05) is 0 Å². The number of aliphatic hydroxyl groups excluding tert-OH is 8. The maximum absolute atomic E-state index is 8.06. The molecule has 0 unspecified atom stereocenters. The quantitative estimate of drug-likeness (QED) is 0.191. The van der Waals surface area contributed by atoms with Gasteiger partial charge in [0.15, 0.2) is 0 Å². The van der Waals surface area contributed by atoms with Crippen molar-refractivity contribution in [2.45, 2.75) is 160 Å². The summed E-state index contributed by atoms with van der Waals surface area (Å²) in [6.45, 7) is 27.6. The SMILES string of the molecule is CC(C)O.CC(C)O.CC(C)O.CC(C)O.CC(C)O.CC(C)O.CC(C)O.CC(C)O.[Ti+4].[Ti].[Ti]. The summed E-state index contributed by atoms with van der Waals surface area (Å²) in [5.41, 5.74) is 0. The van der Waals surface area contributed by atoms with Crippen molar-refractivity contribution in [3.8, 4) is 0 Å². The van der Waals surface area contributed by atoms with Crippen LogP contribution in [-0.2, 0) is 65.2 Å². The normalized spacial score (nSPS) is 8.23. The van der Waals surface area contributed by atoms with Crippen molar-refractivity contribution in [1.82, 2.24) is 0 Å². The molecule has 0 saturated heterocycles. The molecule has 11 heteroatoms. The molecular weight excluding hydrogens is 560 g/mol. The van der Waals surface area contributed by atoms with Crippen LogP contribution in [0.25, 0.3) is 0 Å². The smallest absolute Gasteiger partial charge is 0.394 e. The Morgan fingerprint density at radius 3 is 0.229 bits per heavy atom. The van der Waals surface area contributed by atoms with E-state index in [1.165, 1.54) is 0 Å². The topological polar surface area (TPSA) is 162 Å².